The maximum atomic E-state index is 5.85. The van der Waals surface area contributed by atoms with E-state index in [9.17, 15) is 0 Å². The van der Waals surface area contributed by atoms with E-state index in [1.807, 2.05) is 42.5 Å². The van der Waals surface area contributed by atoms with Crippen LogP contribution in [0.3, 0.4) is 0 Å². The summed E-state index contributed by atoms with van der Waals surface area (Å²) in [6.45, 7) is 0.534. The van der Waals surface area contributed by atoms with Crippen molar-refractivity contribution in [3.63, 3.8) is 0 Å². The van der Waals surface area contributed by atoms with Gasteiger partial charge in [-0.05, 0) is 12.1 Å². The van der Waals surface area contributed by atoms with E-state index in [2.05, 4.69) is 25.3 Å². The van der Waals surface area contributed by atoms with Crippen molar-refractivity contribution in [1.82, 2.24) is 19.9 Å². The van der Waals surface area contributed by atoms with E-state index in [1.165, 1.54) is 6.33 Å². The molecule has 0 radical (unpaired) electrons. The van der Waals surface area contributed by atoms with E-state index in [0.29, 0.717) is 18.0 Å². The minimum atomic E-state index is 0.534. The van der Waals surface area contributed by atoms with Crippen molar-refractivity contribution in [1.29, 1.82) is 0 Å². The van der Waals surface area contributed by atoms with Crippen LogP contribution < -0.4 is 5.32 Å². The zero-order chi connectivity index (χ0) is 14.8. The summed E-state index contributed by atoms with van der Waals surface area (Å²) in [4.78, 5) is 15.5. The van der Waals surface area contributed by atoms with Gasteiger partial charge >= 0.3 is 0 Å². The van der Waals surface area contributed by atoms with Gasteiger partial charge in [0.1, 0.15) is 23.4 Å². The number of aromatic nitrogens is 4. The Hall–Kier alpha value is -3.15. The zero-order valence-corrected chi connectivity index (χ0v) is 11.7. The van der Waals surface area contributed by atoms with Gasteiger partial charge in [-0.25, -0.2) is 15.0 Å². The Balaban J connectivity index is 1.53. The summed E-state index contributed by atoms with van der Waals surface area (Å²) >= 11 is 0. The Labute approximate surface area is 126 Å². The lowest BCUT2D eigenvalue weighted by atomic mass is 10.2. The van der Waals surface area contributed by atoms with E-state index in [1.54, 1.807) is 6.33 Å². The van der Waals surface area contributed by atoms with Gasteiger partial charge in [0.15, 0.2) is 11.5 Å². The van der Waals surface area contributed by atoms with Crippen LogP contribution in [0.5, 0.6) is 0 Å². The van der Waals surface area contributed by atoms with Crippen LogP contribution in [0.2, 0.25) is 0 Å². The smallest absolute Gasteiger partial charge is 0.162 e. The zero-order valence-electron chi connectivity index (χ0n) is 11.7. The minimum absolute atomic E-state index is 0.534. The first-order valence-corrected chi connectivity index (χ1v) is 6.92. The molecule has 0 atom stereocenters. The highest BCUT2D eigenvalue weighted by Gasteiger charge is 2.08. The second-order valence-corrected chi connectivity index (χ2v) is 4.81. The molecule has 0 aliphatic rings. The third-order valence-corrected chi connectivity index (χ3v) is 3.37. The van der Waals surface area contributed by atoms with Gasteiger partial charge in [-0.15, -0.1) is 0 Å². The highest BCUT2D eigenvalue weighted by molar-refractivity contribution is 5.81. The molecule has 0 bridgehead atoms. The van der Waals surface area contributed by atoms with Crippen molar-refractivity contribution in [2.45, 2.75) is 6.54 Å². The van der Waals surface area contributed by atoms with Crippen LogP contribution >= 0.6 is 0 Å². The number of hydrogen-bond donors (Lipinski definition) is 2. The number of imidazole rings is 1. The Morgan fingerprint density at radius 3 is 2.82 bits per heavy atom. The molecule has 1 aromatic carbocycles. The maximum absolute atomic E-state index is 5.85. The molecule has 0 aliphatic heterocycles. The SMILES string of the molecule is c1ccc(-c2ccc(CNc3ncnc4[nH]cnc34)o2)cc1. The molecule has 4 aromatic rings. The highest BCUT2D eigenvalue weighted by atomic mass is 16.3. The summed E-state index contributed by atoms with van der Waals surface area (Å²) in [5.41, 5.74) is 2.49. The van der Waals surface area contributed by atoms with E-state index in [4.69, 9.17) is 4.42 Å². The fourth-order valence-electron chi connectivity index (χ4n) is 2.30. The molecule has 0 saturated heterocycles. The first-order valence-electron chi connectivity index (χ1n) is 6.92. The lowest BCUT2D eigenvalue weighted by Gasteiger charge is -2.03. The number of aromatic amines is 1. The van der Waals surface area contributed by atoms with Crippen molar-refractivity contribution in [3.05, 3.63) is 60.9 Å². The lowest BCUT2D eigenvalue weighted by Crippen LogP contribution is -2.01. The van der Waals surface area contributed by atoms with Gasteiger partial charge in [-0.3, -0.25) is 0 Å². The molecule has 6 nitrogen and oxygen atoms in total. The summed E-state index contributed by atoms with van der Waals surface area (Å²) in [7, 11) is 0. The van der Waals surface area contributed by atoms with Gasteiger partial charge in [0.2, 0.25) is 0 Å². The van der Waals surface area contributed by atoms with Crippen LogP contribution in [0.15, 0.2) is 59.5 Å². The third-order valence-electron chi connectivity index (χ3n) is 3.37. The molecule has 2 N–H and O–H groups in total. The van der Waals surface area contributed by atoms with E-state index in [-0.39, 0.29) is 0 Å². The van der Waals surface area contributed by atoms with Gasteiger partial charge in [-0.1, -0.05) is 30.3 Å². The van der Waals surface area contributed by atoms with Gasteiger partial charge in [0.05, 0.1) is 12.9 Å². The molecule has 0 amide bonds. The van der Waals surface area contributed by atoms with Crippen molar-refractivity contribution in [2.75, 3.05) is 5.32 Å². The Morgan fingerprint density at radius 1 is 1.00 bits per heavy atom. The Kier molecular flexibility index (Phi) is 3.05. The van der Waals surface area contributed by atoms with Gasteiger partial charge in [-0.2, -0.15) is 0 Å². The van der Waals surface area contributed by atoms with Crippen molar-refractivity contribution in [2.24, 2.45) is 0 Å². The molecule has 0 spiro atoms. The largest absolute Gasteiger partial charge is 0.459 e. The van der Waals surface area contributed by atoms with Crippen LogP contribution in [0, 0.1) is 0 Å². The van der Waals surface area contributed by atoms with Crippen molar-refractivity contribution < 1.29 is 4.42 Å². The molecule has 0 fully saturated rings. The number of anilines is 1. The van der Waals surface area contributed by atoms with Crippen LogP contribution in [-0.4, -0.2) is 19.9 Å². The lowest BCUT2D eigenvalue weighted by molar-refractivity contribution is 0.531. The number of rotatable bonds is 4. The standard InChI is InChI=1S/C16H13N5O/c1-2-4-11(5-3-1)13-7-6-12(22-13)8-17-15-14-16(19-9-18-14)21-10-20-15/h1-7,9-10H,8H2,(H2,17,18,19,20,21). The predicted octanol–water partition coefficient (Wildman–Crippen LogP) is 3.22. The number of benzene rings is 1. The van der Waals surface area contributed by atoms with Crippen molar-refractivity contribution >= 4 is 17.0 Å². The average Bonchev–Trinajstić information content (AvgIpc) is 3.23. The molecule has 3 aromatic heterocycles. The molecule has 108 valence electrons. The normalized spacial score (nSPS) is 10.9. The van der Waals surface area contributed by atoms with E-state index < -0.39 is 0 Å². The fourth-order valence-corrected chi connectivity index (χ4v) is 2.30. The average molecular weight is 291 g/mol. The van der Waals surface area contributed by atoms with Gasteiger partial charge < -0.3 is 14.7 Å². The van der Waals surface area contributed by atoms with Crippen LogP contribution in [0.4, 0.5) is 5.82 Å². The molecule has 0 aliphatic carbocycles. The maximum Gasteiger partial charge on any atom is 0.162 e. The van der Waals surface area contributed by atoms with Crippen LogP contribution in [0.1, 0.15) is 5.76 Å². The number of nitrogens with zero attached hydrogens (tertiary/aromatic N) is 3. The highest BCUT2D eigenvalue weighted by Crippen LogP contribution is 2.22. The first kappa shape index (κ1) is 12.6. The molecule has 6 heteroatoms. The molecular weight excluding hydrogens is 278 g/mol. The topological polar surface area (TPSA) is 79.6 Å². The quantitative estimate of drug-likeness (QED) is 0.603. The molecule has 22 heavy (non-hydrogen) atoms. The number of H-pyrrole nitrogens is 1. The van der Waals surface area contributed by atoms with Crippen LogP contribution in [-0.2, 0) is 6.54 Å². The predicted molar refractivity (Wildman–Crippen MR) is 83.2 cm³/mol. The number of fused-ring (bicyclic) bond motifs is 1. The number of furan rings is 1. The minimum Gasteiger partial charge on any atom is -0.459 e. The molecule has 0 unspecified atom stereocenters. The number of hydrogen-bond acceptors (Lipinski definition) is 5. The van der Waals surface area contributed by atoms with Gasteiger partial charge in [0, 0.05) is 5.56 Å². The summed E-state index contributed by atoms with van der Waals surface area (Å²) in [6, 6.07) is 13.9. The molecule has 4 rings (SSSR count). The first-order chi connectivity index (χ1) is 10.9. The molecule has 0 saturated carbocycles. The molecular formula is C16H13N5O. The summed E-state index contributed by atoms with van der Waals surface area (Å²) in [5.74, 6) is 2.37. The fraction of sp³-hybridized carbons (Fsp3) is 0.0625. The third kappa shape index (κ3) is 2.31. The van der Waals surface area contributed by atoms with Crippen molar-refractivity contribution in [3.8, 4) is 11.3 Å². The second-order valence-electron chi connectivity index (χ2n) is 4.81. The van der Waals surface area contributed by atoms with Crippen LogP contribution in [0.25, 0.3) is 22.5 Å². The Bertz CT molecular complexity index is 897. The number of nitrogens with one attached hydrogen (secondary N) is 2. The summed E-state index contributed by atoms with van der Waals surface area (Å²) in [6.07, 6.45) is 3.10. The molecule has 3 heterocycles. The Morgan fingerprint density at radius 2 is 1.91 bits per heavy atom. The second kappa shape index (κ2) is 5.33. The van der Waals surface area contributed by atoms with Gasteiger partial charge in [0.25, 0.3) is 0 Å². The monoisotopic (exact) mass is 291 g/mol. The van der Waals surface area contributed by atoms with E-state index >= 15 is 0 Å². The summed E-state index contributed by atoms with van der Waals surface area (Å²) < 4.78 is 5.85. The summed E-state index contributed by atoms with van der Waals surface area (Å²) in [5, 5.41) is 3.23. The van der Waals surface area contributed by atoms with E-state index in [0.717, 1.165) is 22.6 Å².